The van der Waals surface area contributed by atoms with Crippen LogP contribution in [0.4, 0.5) is 5.69 Å². The number of benzene rings is 1. The summed E-state index contributed by atoms with van der Waals surface area (Å²) in [4.78, 5) is 0. The van der Waals surface area contributed by atoms with E-state index in [-0.39, 0.29) is 6.04 Å². The van der Waals surface area contributed by atoms with Crippen molar-refractivity contribution >= 4 is 5.69 Å². The summed E-state index contributed by atoms with van der Waals surface area (Å²) >= 11 is 0. The second-order valence-electron chi connectivity index (χ2n) is 3.13. The monoisotopic (exact) mass is 191 g/mol. The highest BCUT2D eigenvalue weighted by molar-refractivity contribution is 5.47. The van der Waals surface area contributed by atoms with Crippen molar-refractivity contribution in [2.24, 2.45) is 0 Å². The van der Waals surface area contributed by atoms with E-state index in [2.05, 4.69) is 18.8 Å². The van der Waals surface area contributed by atoms with E-state index in [9.17, 15) is 0 Å². The molecule has 1 N–H and O–H groups in total. The molecule has 0 bridgehead atoms. The molecular formula is C12H17NO. The molecule has 76 valence electrons. The molecule has 14 heavy (non-hydrogen) atoms. The van der Waals surface area contributed by atoms with E-state index in [0.29, 0.717) is 6.61 Å². The first kappa shape index (κ1) is 10.6. The summed E-state index contributed by atoms with van der Waals surface area (Å²) < 4.78 is 5.34. The first-order valence-electron chi connectivity index (χ1n) is 4.88. The van der Waals surface area contributed by atoms with Gasteiger partial charge in [-0.05, 0) is 38.1 Å². The summed E-state index contributed by atoms with van der Waals surface area (Å²) in [7, 11) is 0. The van der Waals surface area contributed by atoms with E-state index in [4.69, 9.17) is 4.74 Å². The molecule has 0 fully saturated rings. The average molecular weight is 191 g/mol. The lowest BCUT2D eigenvalue weighted by atomic mass is 10.2. The highest BCUT2D eigenvalue weighted by Gasteiger charge is 1.96. The van der Waals surface area contributed by atoms with Crippen LogP contribution in [0.3, 0.4) is 0 Å². The molecule has 0 spiro atoms. The van der Waals surface area contributed by atoms with Gasteiger partial charge in [0.1, 0.15) is 5.75 Å². The Kier molecular flexibility index (Phi) is 4.05. The third-order valence-corrected chi connectivity index (χ3v) is 1.91. The predicted octanol–water partition coefficient (Wildman–Crippen LogP) is 3.07. The van der Waals surface area contributed by atoms with Gasteiger partial charge in [-0.3, -0.25) is 0 Å². The van der Waals surface area contributed by atoms with Crippen molar-refractivity contribution < 1.29 is 4.74 Å². The molecule has 2 heteroatoms. The summed E-state index contributed by atoms with van der Waals surface area (Å²) in [5.74, 6) is 0.907. The van der Waals surface area contributed by atoms with Gasteiger partial charge in [-0.1, -0.05) is 6.08 Å². The zero-order valence-corrected chi connectivity index (χ0v) is 8.79. The van der Waals surface area contributed by atoms with Gasteiger partial charge in [-0.2, -0.15) is 0 Å². The van der Waals surface area contributed by atoms with Crippen LogP contribution in [0.5, 0.6) is 5.75 Å². The fourth-order valence-electron chi connectivity index (χ4n) is 1.14. The second kappa shape index (κ2) is 5.32. The largest absolute Gasteiger partial charge is 0.494 e. The van der Waals surface area contributed by atoms with Gasteiger partial charge in [-0.25, -0.2) is 0 Å². The summed E-state index contributed by atoms with van der Waals surface area (Å²) in [6.45, 7) is 8.46. The van der Waals surface area contributed by atoms with E-state index in [1.807, 2.05) is 37.3 Å². The minimum Gasteiger partial charge on any atom is -0.494 e. The van der Waals surface area contributed by atoms with E-state index in [0.717, 1.165) is 11.4 Å². The quantitative estimate of drug-likeness (QED) is 0.722. The molecule has 0 aliphatic heterocycles. The van der Waals surface area contributed by atoms with Crippen LogP contribution >= 0.6 is 0 Å². The van der Waals surface area contributed by atoms with Crippen molar-refractivity contribution in [1.29, 1.82) is 0 Å². The predicted molar refractivity (Wildman–Crippen MR) is 60.9 cm³/mol. The molecular weight excluding hydrogens is 174 g/mol. The van der Waals surface area contributed by atoms with E-state index < -0.39 is 0 Å². The lowest BCUT2D eigenvalue weighted by Crippen LogP contribution is -2.10. The zero-order chi connectivity index (χ0) is 10.4. The molecule has 0 aromatic heterocycles. The molecule has 1 rings (SSSR count). The number of anilines is 1. The van der Waals surface area contributed by atoms with Crippen molar-refractivity contribution in [2.75, 3.05) is 11.9 Å². The van der Waals surface area contributed by atoms with Crippen LogP contribution in [-0.4, -0.2) is 12.6 Å². The van der Waals surface area contributed by atoms with Crippen LogP contribution in [-0.2, 0) is 0 Å². The fourth-order valence-corrected chi connectivity index (χ4v) is 1.14. The van der Waals surface area contributed by atoms with Gasteiger partial charge in [0, 0.05) is 11.7 Å². The maximum atomic E-state index is 5.34. The third-order valence-electron chi connectivity index (χ3n) is 1.91. The average Bonchev–Trinajstić information content (AvgIpc) is 2.21. The number of ether oxygens (including phenoxy) is 1. The molecule has 0 aliphatic rings. The molecule has 2 nitrogen and oxygen atoms in total. The summed E-state index contributed by atoms with van der Waals surface area (Å²) in [6.07, 6.45) is 1.87. The van der Waals surface area contributed by atoms with Gasteiger partial charge in [0.2, 0.25) is 0 Å². The van der Waals surface area contributed by atoms with E-state index in [1.165, 1.54) is 0 Å². The molecule has 0 saturated heterocycles. The van der Waals surface area contributed by atoms with Crippen molar-refractivity contribution in [3.8, 4) is 5.75 Å². The van der Waals surface area contributed by atoms with E-state index in [1.54, 1.807) is 0 Å². The van der Waals surface area contributed by atoms with Crippen LogP contribution in [0.15, 0.2) is 36.9 Å². The SMILES string of the molecule is C=CC(C)Nc1ccc(OCC)cc1. The van der Waals surface area contributed by atoms with Crippen LogP contribution in [0.25, 0.3) is 0 Å². The summed E-state index contributed by atoms with van der Waals surface area (Å²) in [6, 6.07) is 8.21. The molecule has 0 heterocycles. The number of rotatable bonds is 5. The lowest BCUT2D eigenvalue weighted by Gasteiger charge is -2.11. The maximum absolute atomic E-state index is 5.34. The standard InChI is InChI=1S/C12H17NO/c1-4-10(3)13-11-6-8-12(9-7-11)14-5-2/h4,6-10,13H,1,5H2,2-3H3. The molecule has 0 saturated carbocycles. The minimum absolute atomic E-state index is 0.285. The zero-order valence-electron chi connectivity index (χ0n) is 8.79. The first-order chi connectivity index (χ1) is 6.76. The Hall–Kier alpha value is -1.44. The maximum Gasteiger partial charge on any atom is 0.119 e. The summed E-state index contributed by atoms with van der Waals surface area (Å²) in [5.41, 5.74) is 1.08. The molecule has 0 aliphatic carbocycles. The Labute approximate surface area is 85.6 Å². The number of hydrogen-bond donors (Lipinski definition) is 1. The Balaban J connectivity index is 2.59. The summed E-state index contributed by atoms with van der Waals surface area (Å²) in [5, 5.41) is 3.29. The highest BCUT2D eigenvalue weighted by atomic mass is 16.5. The van der Waals surface area contributed by atoms with Gasteiger partial charge >= 0.3 is 0 Å². The van der Waals surface area contributed by atoms with E-state index >= 15 is 0 Å². The molecule has 1 atom stereocenters. The van der Waals surface area contributed by atoms with Gasteiger partial charge in [-0.15, -0.1) is 6.58 Å². The normalized spacial score (nSPS) is 11.9. The van der Waals surface area contributed by atoms with Crippen LogP contribution < -0.4 is 10.1 Å². The van der Waals surface area contributed by atoms with Gasteiger partial charge in [0.25, 0.3) is 0 Å². The third kappa shape index (κ3) is 3.13. The Bertz CT molecular complexity index is 279. The van der Waals surface area contributed by atoms with Crippen molar-refractivity contribution in [1.82, 2.24) is 0 Å². The first-order valence-corrected chi connectivity index (χ1v) is 4.88. The van der Waals surface area contributed by atoms with Crippen molar-refractivity contribution in [2.45, 2.75) is 19.9 Å². The number of nitrogens with one attached hydrogen (secondary N) is 1. The van der Waals surface area contributed by atoms with Crippen molar-refractivity contribution in [3.63, 3.8) is 0 Å². The van der Waals surface area contributed by atoms with Crippen LogP contribution in [0.1, 0.15) is 13.8 Å². The highest BCUT2D eigenvalue weighted by Crippen LogP contribution is 2.16. The van der Waals surface area contributed by atoms with Crippen LogP contribution in [0, 0.1) is 0 Å². The molecule has 1 aromatic carbocycles. The smallest absolute Gasteiger partial charge is 0.119 e. The molecule has 1 aromatic rings. The Morgan fingerprint density at radius 3 is 2.57 bits per heavy atom. The van der Waals surface area contributed by atoms with Gasteiger partial charge in [0.15, 0.2) is 0 Å². The Morgan fingerprint density at radius 1 is 1.43 bits per heavy atom. The van der Waals surface area contributed by atoms with Crippen molar-refractivity contribution in [3.05, 3.63) is 36.9 Å². The molecule has 0 radical (unpaired) electrons. The van der Waals surface area contributed by atoms with Crippen LogP contribution in [0.2, 0.25) is 0 Å². The van der Waals surface area contributed by atoms with Gasteiger partial charge in [0.05, 0.1) is 6.61 Å². The molecule has 0 amide bonds. The minimum atomic E-state index is 0.285. The topological polar surface area (TPSA) is 21.3 Å². The lowest BCUT2D eigenvalue weighted by molar-refractivity contribution is 0.340. The van der Waals surface area contributed by atoms with Gasteiger partial charge < -0.3 is 10.1 Å². The second-order valence-corrected chi connectivity index (χ2v) is 3.13. The Morgan fingerprint density at radius 2 is 2.07 bits per heavy atom. The number of hydrogen-bond acceptors (Lipinski definition) is 2. The fraction of sp³-hybridized carbons (Fsp3) is 0.333. The molecule has 1 unspecified atom stereocenters.